The fourth-order valence-corrected chi connectivity index (χ4v) is 2.21. The summed E-state index contributed by atoms with van der Waals surface area (Å²) in [5.41, 5.74) is -0.721. The van der Waals surface area contributed by atoms with E-state index in [1.165, 1.54) is 16.0 Å². The molecule has 1 N–H and O–H groups in total. The summed E-state index contributed by atoms with van der Waals surface area (Å²) >= 11 is 1.38. The Morgan fingerprint density at radius 3 is 2.80 bits per heavy atom. The first-order valence-electron chi connectivity index (χ1n) is 6.30. The van der Waals surface area contributed by atoms with Crippen LogP contribution in [0.1, 0.15) is 27.2 Å². The van der Waals surface area contributed by atoms with Crippen molar-refractivity contribution in [3.05, 3.63) is 28.0 Å². The van der Waals surface area contributed by atoms with Crippen LogP contribution in [0.5, 0.6) is 0 Å². The van der Waals surface area contributed by atoms with Crippen LogP contribution in [0.3, 0.4) is 0 Å². The molecule has 1 amide bonds. The Labute approximate surface area is 120 Å². The molecule has 0 spiro atoms. The van der Waals surface area contributed by atoms with Gasteiger partial charge in [-0.1, -0.05) is 6.92 Å². The lowest BCUT2D eigenvalue weighted by molar-refractivity contribution is -0.123. The average molecular weight is 295 g/mol. The fraction of sp³-hybridized carbons (Fsp3) is 0.500. The minimum atomic E-state index is -0.420. The number of hydrogen-bond acceptors (Lipinski definition) is 5. The molecule has 2 aromatic heterocycles. The molecular weight excluding hydrogens is 278 g/mol. The van der Waals surface area contributed by atoms with Crippen molar-refractivity contribution in [1.29, 1.82) is 0 Å². The molecular formula is C12H17N5O2S. The second kappa shape index (κ2) is 5.58. The summed E-state index contributed by atoms with van der Waals surface area (Å²) in [5.74, 6) is -0.253. The summed E-state index contributed by atoms with van der Waals surface area (Å²) in [4.78, 5) is 24.0. The Morgan fingerprint density at radius 2 is 2.20 bits per heavy atom. The van der Waals surface area contributed by atoms with Crippen LogP contribution in [-0.2, 0) is 11.3 Å². The number of amides is 1. The van der Waals surface area contributed by atoms with Crippen molar-refractivity contribution in [2.45, 2.75) is 39.3 Å². The van der Waals surface area contributed by atoms with Gasteiger partial charge in [-0.2, -0.15) is 9.36 Å². The van der Waals surface area contributed by atoms with Gasteiger partial charge in [0.05, 0.1) is 0 Å². The number of hydrogen-bond donors (Lipinski definition) is 1. The van der Waals surface area contributed by atoms with E-state index in [0.29, 0.717) is 5.00 Å². The highest BCUT2D eigenvalue weighted by molar-refractivity contribution is 7.12. The summed E-state index contributed by atoms with van der Waals surface area (Å²) in [6.45, 7) is 5.71. The third-order valence-electron chi connectivity index (χ3n) is 3.01. The van der Waals surface area contributed by atoms with Crippen molar-refractivity contribution in [1.82, 2.24) is 25.1 Å². The second-order valence-electron chi connectivity index (χ2n) is 5.07. The summed E-state index contributed by atoms with van der Waals surface area (Å²) in [5, 5.41) is 12.9. The van der Waals surface area contributed by atoms with Crippen molar-refractivity contribution in [3.8, 4) is 5.00 Å². The monoisotopic (exact) mass is 295 g/mol. The summed E-state index contributed by atoms with van der Waals surface area (Å²) in [6.07, 6.45) is 0.801. The molecule has 20 heavy (non-hydrogen) atoms. The van der Waals surface area contributed by atoms with Crippen molar-refractivity contribution in [2.75, 3.05) is 0 Å². The Kier molecular flexibility index (Phi) is 4.03. The molecule has 0 bridgehead atoms. The molecule has 0 fully saturated rings. The molecule has 0 atom stereocenters. The van der Waals surface area contributed by atoms with Gasteiger partial charge in [0.2, 0.25) is 5.91 Å². The van der Waals surface area contributed by atoms with E-state index in [2.05, 4.69) is 15.7 Å². The predicted molar refractivity (Wildman–Crippen MR) is 76.0 cm³/mol. The molecule has 0 saturated heterocycles. The minimum Gasteiger partial charge on any atom is -0.350 e. The standard InChI is InChI=1S/C12H17N5O2S/c1-4-12(2,3)13-9(18)8-16-11(19)17(15-14-16)10-6-5-7-20-10/h5-7H,4,8H2,1-3H3,(H,13,18). The van der Waals surface area contributed by atoms with Gasteiger partial charge in [0.25, 0.3) is 0 Å². The zero-order chi connectivity index (χ0) is 14.8. The number of aromatic nitrogens is 4. The Hall–Kier alpha value is -1.96. The smallest absolute Gasteiger partial charge is 0.350 e. The highest BCUT2D eigenvalue weighted by Gasteiger charge is 2.19. The lowest BCUT2D eigenvalue weighted by atomic mass is 10.0. The lowest BCUT2D eigenvalue weighted by Crippen LogP contribution is -2.45. The summed E-state index contributed by atoms with van der Waals surface area (Å²) in [6, 6.07) is 3.59. The molecule has 2 aromatic rings. The zero-order valence-corrected chi connectivity index (χ0v) is 12.5. The van der Waals surface area contributed by atoms with Gasteiger partial charge in [-0.25, -0.2) is 4.79 Å². The van der Waals surface area contributed by atoms with Gasteiger partial charge in [-0.3, -0.25) is 4.79 Å². The lowest BCUT2D eigenvalue weighted by Gasteiger charge is -2.24. The second-order valence-corrected chi connectivity index (χ2v) is 5.99. The van der Waals surface area contributed by atoms with Gasteiger partial charge in [-0.15, -0.1) is 11.3 Å². The molecule has 0 aliphatic rings. The van der Waals surface area contributed by atoms with E-state index in [0.717, 1.165) is 11.1 Å². The predicted octanol–water partition coefficient (Wildman–Crippen LogP) is 0.795. The largest absolute Gasteiger partial charge is 0.369 e. The molecule has 7 nitrogen and oxygen atoms in total. The molecule has 8 heteroatoms. The van der Waals surface area contributed by atoms with Crippen molar-refractivity contribution in [2.24, 2.45) is 0 Å². The van der Waals surface area contributed by atoms with E-state index in [1.54, 1.807) is 6.07 Å². The van der Waals surface area contributed by atoms with Crippen LogP contribution in [0.4, 0.5) is 0 Å². The number of nitrogens with one attached hydrogen (secondary N) is 1. The van der Waals surface area contributed by atoms with Crippen LogP contribution < -0.4 is 11.0 Å². The van der Waals surface area contributed by atoms with E-state index < -0.39 is 5.69 Å². The summed E-state index contributed by atoms with van der Waals surface area (Å²) < 4.78 is 2.24. The average Bonchev–Trinajstić information content (AvgIpc) is 3.00. The molecule has 0 saturated carbocycles. The first-order chi connectivity index (χ1) is 9.43. The Morgan fingerprint density at radius 1 is 1.45 bits per heavy atom. The molecule has 2 rings (SSSR count). The van der Waals surface area contributed by atoms with E-state index >= 15 is 0 Å². The van der Waals surface area contributed by atoms with Crippen LogP contribution in [0, 0.1) is 0 Å². The van der Waals surface area contributed by atoms with Gasteiger partial charge in [0.1, 0.15) is 11.5 Å². The molecule has 0 aliphatic heterocycles. The molecule has 0 unspecified atom stereocenters. The number of nitrogens with zero attached hydrogens (tertiary/aromatic N) is 4. The maximum Gasteiger partial charge on any atom is 0.369 e. The van der Waals surface area contributed by atoms with E-state index in [1.807, 2.05) is 32.2 Å². The van der Waals surface area contributed by atoms with Gasteiger partial charge in [-0.05, 0) is 48.2 Å². The normalized spacial score (nSPS) is 11.6. The van der Waals surface area contributed by atoms with E-state index in [4.69, 9.17) is 0 Å². The van der Waals surface area contributed by atoms with Crippen LogP contribution in [0.15, 0.2) is 22.3 Å². The number of carbonyl (C=O) groups is 1. The van der Waals surface area contributed by atoms with Crippen molar-refractivity contribution < 1.29 is 4.79 Å². The van der Waals surface area contributed by atoms with Crippen molar-refractivity contribution in [3.63, 3.8) is 0 Å². The highest BCUT2D eigenvalue weighted by atomic mass is 32.1. The Balaban J connectivity index is 2.12. The number of thiophene rings is 1. The van der Waals surface area contributed by atoms with Crippen molar-refractivity contribution >= 4 is 17.2 Å². The molecule has 0 aromatic carbocycles. The molecule has 0 radical (unpaired) electrons. The van der Waals surface area contributed by atoms with Gasteiger partial charge in [0.15, 0.2) is 0 Å². The SMILES string of the molecule is CCC(C)(C)NC(=O)Cn1nnn(-c2cccs2)c1=O. The number of tetrazole rings is 1. The van der Waals surface area contributed by atoms with Crippen LogP contribution in [0.25, 0.3) is 5.00 Å². The third-order valence-corrected chi connectivity index (χ3v) is 3.85. The molecule has 2 heterocycles. The third kappa shape index (κ3) is 3.13. The van der Waals surface area contributed by atoms with Gasteiger partial charge < -0.3 is 5.32 Å². The first-order valence-corrected chi connectivity index (χ1v) is 7.18. The quantitative estimate of drug-likeness (QED) is 0.884. The summed E-state index contributed by atoms with van der Waals surface area (Å²) in [7, 11) is 0. The maximum absolute atomic E-state index is 12.1. The van der Waals surface area contributed by atoms with Gasteiger partial charge >= 0.3 is 5.69 Å². The number of carbonyl (C=O) groups excluding carboxylic acids is 1. The zero-order valence-electron chi connectivity index (χ0n) is 11.7. The van der Waals surface area contributed by atoms with Crippen LogP contribution >= 0.6 is 11.3 Å². The maximum atomic E-state index is 12.1. The van der Waals surface area contributed by atoms with Gasteiger partial charge in [0, 0.05) is 5.54 Å². The minimum absolute atomic E-state index is 0.131. The topological polar surface area (TPSA) is 81.8 Å². The Bertz CT molecular complexity index is 641. The van der Waals surface area contributed by atoms with E-state index in [9.17, 15) is 9.59 Å². The fourth-order valence-electron chi connectivity index (χ4n) is 1.54. The molecule has 0 aliphatic carbocycles. The van der Waals surface area contributed by atoms with Crippen LogP contribution in [0.2, 0.25) is 0 Å². The first kappa shape index (κ1) is 14.4. The molecule has 108 valence electrons. The van der Waals surface area contributed by atoms with E-state index in [-0.39, 0.29) is 18.0 Å². The number of rotatable bonds is 5. The van der Waals surface area contributed by atoms with Crippen LogP contribution in [-0.4, -0.2) is 31.2 Å². The highest BCUT2D eigenvalue weighted by Crippen LogP contribution is 2.10.